The van der Waals surface area contributed by atoms with Gasteiger partial charge in [-0.25, -0.2) is 0 Å². The molecule has 0 saturated carbocycles. The van der Waals surface area contributed by atoms with Crippen molar-refractivity contribution in [3.8, 4) is 5.75 Å². The Labute approximate surface area is 156 Å². The molecule has 0 bridgehead atoms. The van der Waals surface area contributed by atoms with E-state index in [4.69, 9.17) is 4.74 Å². The summed E-state index contributed by atoms with van der Waals surface area (Å²) in [6.07, 6.45) is 10.2. The molecule has 0 N–H and O–H groups in total. The van der Waals surface area contributed by atoms with E-state index in [0.717, 1.165) is 55.9 Å². The van der Waals surface area contributed by atoms with Crippen LogP contribution in [-0.2, 0) is 0 Å². The fourth-order valence-corrected chi connectivity index (χ4v) is 4.04. The van der Waals surface area contributed by atoms with Crippen molar-refractivity contribution in [1.82, 2.24) is 4.90 Å². The lowest BCUT2D eigenvalue weighted by Crippen LogP contribution is -2.33. The molecule has 0 spiro atoms. The van der Waals surface area contributed by atoms with Crippen LogP contribution in [-0.4, -0.2) is 37.0 Å². The predicted octanol–water partition coefficient (Wildman–Crippen LogP) is 4.24. The molecule has 26 heavy (non-hydrogen) atoms. The van der Waals surface area contributed by atoms with Gasteiger partial charge in [0, 0.05) is 24.4 Å². The Hall–Kier alpha value is -2.23. The molecule has 1 atom stereocenters. The zero-order valence-corrected chi connectivity index (χ0v) is 15.8. The van der Waals surface area contributed by atoms with Crippen molar-refractivity contribution in [2.75, 3.05) is 31.1 Å². The average Bonchev–Trinajstić information content (AvgIpc) is 3.21. The van der Waals surface area contributed by atoms with Gasteiger partial charge in [-0.2, -0.15) is 0 Å². The Morgan fingerprint density at radius 3 is 2.69 bits per heavy atom. The number of anilines is 1. The second kappa shape index (κ2) is 7.18. The molecule has 0 aromatic heterocycles. The number of hydrogen-bond donors (Lipinski definition) is 0. The van der Waals surface area contributed by atoms with Crippen LogP contribution in [0.5, 0.6) is 5.75 Å². The van der Waals surface area contributed by atoms with Crippen molar-refractivity contribution in [2.45, 2.75) is 33.1 Å². The van der Waals surface area contributed by atoms with E-state index in [0.29, 0.717) is 18.4 Å². The molecule has 2 aliphatic heterocycles. The summed E-state index contributed by atoms with van der Waals surface area (Å²) >= 11 is 0. The number of ether oxygens (including phenoxy) is 1. The van der Waals surface area contributed by atoms with Gasteiger partial charge in [0.25, 0.3) is 5.91 Å². The summed E-state index contributed by atoms with van der Waals surface area (Å²) in [6.45, 7) is 7.78. The van der Waals surface area contributed by atoms with Crippen molar-refractivity contribution < 1.29 is 9.53 Å². The summed E-state index contributed by atoms with van der Waals surface area (Å²) < 4.78 is 5.89. The van der Waals surface area contributed by atoms with Crippen molar-refractivity contribution in [1.29, 1.82) is 0 Å². The lowest BCUT2D eigenvalue weighted by Gasteiger charge is -2.34. The molecule has 1 aromatic rings. The molecule has 4 heteroatoms. The number of hydrogen-bond acceptors (Lipinski definition) is 3. The van der Waals surface area contributed by atoms with Crippen LogP contribution in [0, 0.1) is 11.8 Å². The summed E-state index contributed by atoms with van der Waals surface area (Å²) in [5.74, 6) is 2.24. The minimum atomic E-state index is 0.127. The minimum Gasteiger partial charge on any atom is -0.490 e. The number of carbonyl (C=O) groups excluding carboxylic acids is 1. The van der Waals surface area contributed by atoms with Crippen molar-refractivity contribution in [3.63, 3.8) is 0 Å². The maximum absolute atomic E-state index is 12.7. The highest BCUT2D eigenvalue weighted by molar-refractivity contribution is 5.95. The number of benzene rings is 1. The van der Waals surface area contributed by atoms with Crippen LogP contribution in [0.15, 0.2) is 42.1 Å². The SMILES string of the molecule is CC(C)C1C=CC(N2CCOc3cc(C(=O)N4CCCC4)ccc32)=CC1. The minimum absolute atomic E-state index is 0.127. The van der Waals surface area contributed by atoms with E-state index in [-0.39, 0.29) is 5.91 Å². The van der Waals surface area contributed by atoms with E-state index in [9.17, 15) is 4.79 Å². The van der Waals surface area contributed by atoms with Crippen molar-refractivity contribution in [3.05, 3.63) is 47.7 Å². The molecule has 138 valence electrons. The van der Waals surface area contributed by atoms with E-state index in [2.05, 4.69) is 37.0 Å². The molecule has 1 aromatic carbocycles. The first-order valence-electron chi connectivity index (χ1n) is 9.85. The number of rotatable bonds is 3. The first-order valence-corrected chi connectivity index (χ1v) is 9.85. The maximum atomic E-state index is 12.7. The first-order chi connectivity index (χ1) is 12.6. The van der Waals surface area contributed by atoms with E-state index < -0.39 is 0 Å². The molecule has 1 fully saturated rings. The van der Waals surface area contributed by atoms with E-state index >= 15 is 0 Å². The molecular formula is C22H28N2O2. The van der Waals surface area contributed by atoms with Crippen LogP contribution in [0.2, 0.25) is 0 Å². The smallest absolute Gasteiger partial charge is 0.253 e. The Bertz CT molecular complexity index is 745. The second-order valence-electron chi connectivity index (χ2n) is 7.81. The van der Waals surface area contributed by atoms with Gasteiger partial charge in [-0.3, -0.25) is 4.79 Å². The largest absolute Gasteiger partial charge is 0.490 e. The summed E-state index contributed by atoms with van der Waals surface area (Å²) in [5, 5.41) is 0. The lowest BCUT2D eigenvalue weighted by atomic mass is 9.88. The van der Waals surface area contributed by atoms with Crippen LogP contribution >= 0.6 is 0 Å². The Kier molecular flexibility index (Phi) is 4.75. The molecule has 1 unspecified atom stereocenters. The summed E-state index contributed by atoms with van der Waals surface area (Å²) in [7, 11) is 0. The first kappa shape index (κ1) is 17.2. The number of carbonyl (C=O) groups is 1. The number of allylic oxidation sites excluding steroid dienone is 3. The van der Waals surface area contributed by atoms with Gasteiger partial charge in [0.15, 0.2) is 0 Å². The Morgan fingerprint density at radius 1 is 1.19 bits per heavy atom. The fourth-order valence-electron chi connectivity index (χ4n) is 4.04. The average molecular weight is 352 g/mol. The van der Waals surface area contributed by atoms with Gasteiger partial charge in [0.2, 0.25) is 0 Å². The van der Waals surface area contributed by atoms with Crippen LogP contribution in [0.1, 0.15) is 43.5 Å². The molecule has 2 heterocycles. The fraction of sp³-hybridized carbons (Fsp3) is 0.500. The molecular weight excluding hydrogens is 324 g/mol. The third-order valence-electron chi connectivity index (χ3n) is 5.74. The zero-order valence-electron chi connectivity index (χ0n) is 15.8. The highest BCUT2D eigenvalue weighted by Gasteiger charge is 2.25. The monoisotopic (exact) mass is 352 g/mol. The molecule has 1 saturated heterocycles. The summed E-state index contributed by atoms with van der Waals surface area (Å²) in [6, 6.07) is 5.92. The molecule has 4 nitrogen and oxygen atoms in total. The van der Waals surface area contributed by atoms with Crippen molar-refractivity contribution in [2.24, 2.45) is 11.8 Å². The van der Waals surface area contributed by atoms with Crippen molar-refractivity contribution >= 4 is 11.6 Å². The van der Waals surface area contributed by atoms with Gasteiger partial charge in [-0.1, -0.05) is 26.0 Å². The highest BCUT2D eigenvalue weighted by atomic mass is 16.5. The van der Waals surface area contributed by atoms with Crippen LogP contribution in [0.3, 0.4) is 0 Å². The van der Waals surface area contributed by atoms with E-state index in [1.54, 1.807) is 0 Å². The summed E-state index contributed by atoms with van der Waals surface area (Å²) in [4.78, 5) is 16.9. The second-order valence-corrected chi connectivity index (χ2v) is 7.81. The van der Waals surface area contributed by atoms with Gasteiger partial charge in [-0.15, -0.1) is 0 Å². The molecule has 1 aliphatic carbocycles. The third kappa shape index (κ3) is 3.25. The quantitative estimate of drug-likeness (QED) is 0.816. The maximum Gasteiger partial charge on any atom is 0.253 e. The van der Waals surface area contributed by atoms with Gasteiger partial charge in [0.05, 0.1) is 12.2 Å². The van der Waals surface area contributed by atoms with Gasteiger partial charge in [-0.05, 0) is 55.4 Å². The standard InChI is InChI=1S/C22H28N2O2/c1-16(2)17-5-8-19(9-6-17)24-13-14-26-21-15-18(7-10-20(21)24)22(25)23-11-3-4-12-23/h5,7-10,15-17H,3-4,6,11-14H2,1-2H3. The molecule has 3 aliphatic rings. The van der Waals surface area contributed by atoms with Crippen LogP contribution in [0.25, 0.3) is 0 Å². The Balaban J connectivity index is 1.55. The third-order valence-corrected chi connectivity index (χ3v) is 5.74. The van der Waals surface area contributed by atoms with E-state index in [1.807, 2.05) is 23.1 Å². The summed E-state index contributed by atoms with van der Waals surface area (Å²) in [5.41, 5.74) is 3.04. The van der Waals surface area contributed by atoms with Gasteiger partial charge >= 0.3 is 0 Å². The zero-order chi connectivity index (χ0) is 18.1. The Morgan fingerprint density at radius 2 is 2.00 bits per heavy atom. The van der Waals surface area contributed by atoms with Gasteiger partial charge < -0.3 is 14.5 Å². The predicted molar refractivity (Wildman–Crippen MR) is 105 cm³/mol. The lowest BCUT2D eigenvalue weighted by molar-refractivity contribution is 0.0792. The van der Waals surface area contributed by atoms with Crippen LogP contribution < -0.4 is 9.64 Å². The number of fused-ring (bicyclic) bond motifs is 1. The van der Waals surface area contributed by atoms with Crippen LogP contribution in [0.4, 0.5) is 5.69 Å². The number of nitrogens with zero attached hydrogens (tertiary/aromatic N) is 2. The highest BCUT2D eigenvalue weighted by Crippen LogP contribution is 2.37. The van der Waals surface area contributed by atoms with Gasteiger partial charge in [0.1, 0.15) is 12.4 Å². The molecule has 0 radical (unpaired) electrons. The number of likely N-dealkylation sites (tertiary alicyclic amines) is 1. The topological polar surface area (TPSA) is 32.8 Å². The molecule has 4 rings (SSSR count). The van der Waals surface area contributed by atoms with E-state index in [1.165, 1.54) is 5.70 Å². The molecule has 1 amide bonds. The number of amides is 1. The normalized spacial score (nSPS) is 22.3.